The van der Waals surface area contributed by atoms with Crippen LogP contribution in [0.25, 0.3) is 11.0 Å². The number of aromatic carboxylic acids is 1. The zero-order chi connectivity index (χ0) is 23.3. The number of carboxylic acids is 1. The van der Waals surface area contributed by atoms with Gasteiger partial charge in [-0.2, -0.15) is 5.26 Å². The lowest BCUT2D eigenvalue weighted by Gasteiger charge is -2.56. The molecule has 3 heterocycles. The molecule has 0 radical (unpaired) electrons. The lowest BCUT2D eigenvalue weighted by atomic mass is 9.63. The molecule has 1 saturated carbocycles. The average Bonchev–Trinajstić information content (AvgIpc) is 2.71. The highest BCUT2D eigenvalue weighted by Crippen LogP contribution is 2.49. The number of carbonyl (C=O) groups is 1. The van der Waals surface area contributed by atoms with Crippen molar-refractivity contribution >= 4 is 40.1 Å². The van der Waals surface area contributed by atoms with Gasteiger partial charge in [0, 0.05) is 24.1 Å². The van der Waals surface area contributed by atoms with Crippen LogP contribution < -0.4 is 10.2 Å². The molecule has 2 fully saturated rings. The molecule has 0 amide bonds. The molecule has 1 saturated heterocycles. The number of pyridine rings is 1. The van der Waals surface area contributed by atoms with E-state index < -0.39 is 5.97 Å². The summed E-state index contributed by atoms with van der Waals surface area (Å²) >= 11 is 5.89. The van der Waals surface area contributed by atoms with Crippen LogP contribution >= 0.6 is 11.6 Å². The highest BCUT2D eigenvalue weighted by atomic mass is 35.5. The Kier molecular flexibility index (Phi) is 5.09. The SMILES string of the molecule is Cc1cc([C@@H](C)Nc2ccc(Cl)nc2C(=O)O)c2nc(N3CC4(CCC4)C3)c(C#N)nc2c1. The summed E-state index contributed by atoms with van der Waals surface area (Å²) in [6.45, 7) is 5.71. The summed E-state index contributed by atoms with van der Waals surface area (Å²) in [7, 11) is 0. The van der Waals surface area contributed by atoms with Gasteiger partial charge in [0.05, 0.1) is 22.8 Å². The van der Waals surface area contributed by atoms with E-state index in [4.69, 9.17) is 16.6 Å². The summed E-state index contributed by atoms with van der Waals surface area (Å²) in [5, 5.41) is 22.6. The number of aryl methyl sites for hydroxylation is 1. The van der Waals surface area contributed by atoms with Crippen LogP contribution in [0, 0.1) is 23.7 Å². The first kappa shape index (κ1) is 21.4. The van der Waals surface area contributed by atoms with E-state index in [0.717, 1.165) is 24.2 Å². The Balaban J connectivity index is 1.54. The molecule has 1 atom stereocenters. The van der Waals surface area contributed by atoms with Gasteiger partial charge in [0.2, 0.25) is 0 Å². The van der Waals surface area contributed by atoms with Crippen LogP contribution in [0.3, 0.4) is 0 Å². The Bertz CT molecular complexity index is 1320. The Morgan fingerprint density at radius 3 is 2.67 bits per heavy atom. The van der Waals surface area contributed by atoms with Crippen LogP contribution in [0.1, 0.15) is 59.5 Å². The van der Waals surface area contributed by atoms with Crippen LogP contribution in [-0.4, -0.2) is 39.1 Å². The van der Waals surface area contributed by atoms with Gasteiger partial charge in [-0.3, -0.25) is 0 Å². The first-order chi connectivity index (χ1) is 15.8. The maximum absolute atomic E-state index is 11.7. The van der Waals surface area contributed by atoms with Crippen LogP contribution in [0.15, 0.2) is 24.3 Å². The minimum absolute atomic E-state index is 0.116. The molecule has 1 aliphatic heterocycles. The number of carboxylic acid groups (broad SMARTS) is 1. The molecular weight excluding hydrogens is 440 g/mol. The summed E-state index contributed by atoms with van der Waals surface area (Å²) < 4.78 is 0. The van der Waals surface area contributed by atoms with Crippen LogP contribution in [0.2, 0.25) is 5.15 Å². The number of nitrogens with one attached hydrogen (secondary N) is 1. The number of hydrogen-bond donors (Lipinski definition) is 2. The molecule has 8 nitrogen and oxygen atoms in total. The number of nitrogens with zero attached hydrogens (tertiary/aromatic N) is 5. The van der Waals surface area contributed by atoms with Gasteiger partial charge in [0.15, 0.2) is 17.2 Å². The second-order valence-corrected chi connectivity index (χ2v) is 9.53. The molecule has 1 aliphatic carbocycles. The summed E-state index contributed by atoms with van der Waals surface area (Å²) in [5.41, 5.74) is 4.14. The normalized spacial score (nSPS) is 17.2. The van der Waals surface area contributed by atoms with E-state index in [9.17, 15) is 15.2 Å². The smallest absolute Gasteiger partial charge is 0.356 e. The fourth-order valence-electron chi connectivity index (χ4n) is 4.88. The van der Waals surface area contributed by atoms with Gasteiger partial charge in [0.1, 0.15) is 11.2 Å². The molecule has 5 rings (SSSR count). The molecule has 1 spiro atoms. The summed E-state index contributed by atoms with van der Waals surface area (Å²) in [6.07, 6.45) is 3.74. The molecule has 168 valence electrons. The number of rotatable bonds is 5. The quantitative estimate of drug-likeness (QED) is 0.523. The van der Waals surface area contributed by atoms with E-state index >= 15 is 0 Å². The van der Waals surface area contributed by atoms with Crippen LogP contribution in [0.5, 0.6) is 0 Å². The van der Waals surface area contributed by atoms with Crippen molar-refractivity contribution in [2.75, 3.05) is 23.3 Å². The average molecular weight is 463 g/mol. The predicted molar refractivity (Wildman–Crippen MR) is 126 cm³/mol. The molecule has 2 aromatic heterocycles. The van der Waals surface area contributed by atoms with Gasteiger partial charge in [0.25, 0.3) is 0 Å². The van der Waals surface area contributed by atoms with E-state index in [2.05, 4.69) is 26.3 Å². The second kappa shape index (κ2) is 7.85. The number of halogens is 1. The maximum Gasteiger partial charge on any atom is 0.356 e. The molecule has 2 N–H and O–H groups in total. The summed E-state index contributed by atoms with van der Waals surface area (Å²) in [4.78, 5) is 27.3. The Morgan fingerprint density at radius 1 is 1.27 bits per heavy atom. The molecule has 0 unspecified atom stereocenters. The Labute approximate surface area is 196 Å². The van der Waals surface area contributed by atoms with Crippen LogP contribution in [-0.2, 0) is 0 Å². The fourth-order valence-corrected chi connectivity index (χ4v) is 5.03. The largest absolute Gasteiger partial charge is 0.476 e. The summed E-state index contributed by atoms with van der Waals surface area (Å²) in [6, 6.07) is 9.01. The lowest BCUT2D eigenvalue weighted by Crippen LogP contribution is -2.60. The molecule has 33 heavy (non-hydrogen) atoms. The number of fused-ring (bicyclic) bond motifs is 1. The monoisotopic (exact) mass is 462 g/mol. The van der Waals surface area contributed by atoms with Gasteiger partial charge in [-0.25, -0.2) is 19.7 Å². The second-order valence-electron chi connectivity index (χ2n) is 9.14. The van der Waals surface area contributed by atoms with Crippen molar-refractivity contribution in [3.8, 4) is 6.07 Å². The first-order valence-electron chi connectivity index (χ1n) is 10.9. The van der Waals surface area contributed by atoms with Gasteiger partial charge < -0.3 is 15.3 Å². The highest BCUT2D eigenvalue weighted by Gasteiger charge is 2.48. The predicted octanol–water partition coefficient (Wildman–Crippen LogP) is 4.72. The topological polar surface area (TPSA) is 115 Å². The van der Waals surface area contributed by atoms with E-state index in [1.807, 2.05) is 26.0 Å². The van der Waals surface area contributed by atoms with Crippen molar-refractivity contribution in [3.63, 3.8) is 0 Å². The van der Waals surface area contributed by atoms with Crippen molar-refractivity contribution in [2.45, 2.75) is 39.2 Å². The van der Waals surface area contributed by atoms with E-state index in [1.165, 1.54) is 19.3 Å². The van der Waals surface area contributed by atoms with Crippen molar-refractivity contribution in [2.24, 2.45) is 5.41 Å². The van der Waals surface area contributed by atoms with Gasteiger partial charge in [-0.1, -0.05) is 24.1 Å². The lowest BCUT2D eigenvalue weighted by molar-refractivity contribution is 0.0691. The standard InChI is InChI=1S/C24H23ClN6O2/c1-13-8-15(14(2)27-16-4-5-19(25)29-21(16)23(32)33)20-17(9-13)28-18(10-26)22(30-20)31-11-24(12-31)6-3-7-24/h4-5,8-9,14,27H,3,6-7,11-12H2,1-2H3,(H,32,33)/t14-/m1/s1. The maximum atomic E-state index is 11.7. The number of nitriles is 1. The minimum atomic E-state index is -1.16. The highest BCUT2D eigenvalue weighted by molar-refractivity contribution is 6.29. The van der Waals surface area contributed by atoms with Crippen molar-refractivity contribution in [1.82, 2.24) is 15.0 Å². The minimum Gasteiger partial charge on any atom is -0.476 e. The Morgan fingerprint density at radius 2 is 2.03 bits per heavy atom. The molecule has 9 heteroatoms. The van der Waals surface area contributed by atoms with E-state index in [-0.39, 0.29) is 16.9 Å². The zero-order valence-electron chi connectivity index (χ0n) is 18.4. The van der Waals surface area contributed by atoms with Gasteiger partial charge >= 0.3 is 5.97 Å². The fraction of sp³-hybridized carbons (Fsp3) is 0.375. The third-order valence-corrected chi connectivity index (χ3v) is 6.91. The molecule has 2 aliphatic rings. The van der Waals surface area contributed by atoms with E-state index in [0.29, 0.717) is 33.6 Å². The third kappa shape index (κ3) is 3.72. The number of aromatic nitrogens is 3. The molecule has 0 bridgehead atoms. The number of anilines is 2. The van der Waals surface area contributed by atoms with Gasteiger partial charge in [-0.15, -0.1) is 0 Å². The number of benzene rings is 1. The third-order valence-electron chi connectivity index (χ3n) is 6.70. The van der Waals surface area contributed by atoms with Crippen molar-refractivity contribution in [3.05, 3.63) is 51.9 Å². The Hall–Kier alpha value is -3.44. The van der Waals surface area contributed by atoms with Crippen LogP contribution in [0.4, 0.5) is 11.5 Å². The van der Waals surface area contributed by atoms with Crippen molar-refractivity contribution < 1.29 is 9.90 Å². The molecular formula is C24H23ClN6O2. The van der Waals surface area contributed by atoms with Gasteiger partial charge in [-0.05, 0) is 50.5 Å². The molecule has 3 aromatic rings. The summed E-state index contributed by atoms with van der Waals surface area (Å²) in [5.74, 6) is -0.538. The first-order valence-corrected chi connectivity index (χ1v) is 11.3. The van der Waals surface area contributed by atoms with Crippen molar-refractivity contribution in [1.29, 1.82) is 5.26 Å². The number of hydrogen-bond acceptors (Lipinski definition) is 7. The molecule has 1 aromatic carbocycles. The van der Waals surface area contributed by atoms with E-state index in [1.54, 1.807) is 12.1 Å². The zero-order valence-corrected chi connectivity index (χ0v) is 19.1.